The van der Waals surface area contributed by atoms with Crippen LogP contribution in [0.25, 0.3) is 0 Å². The molecular weight excluding hydrogens is 304 g/mol. The van der Waals surface area contributed by atoms with E-state index < -0.39 is 15.9 Å². The van der Waals surface area contributed by atoms with Crippen molar-refractivity contribution in [3.05, 3.63) is 29.3 Å². The van der Waals surface area contributed by atoms with E-state index in [0.29, 0.717) is 37.2 Å². The number of fused-ring (bicyclic) bond motifs is 1. The first-order chi connectivity index (χ1) is 10.5. The highest BCUT2D eigenvalue weighted by molar-refractivity contribution is 7.92. The lowest BCUT2D eigenvalue weighted by Crippen LogP contribution is -2.40. The Morgan fingerprint density at radius 3 is 2.86 bits per heavy atom. The Balaban J connectivity index is 1.94. The van der Waals surface area contributed by atoms with Gasteiger partial charge in [0.1, 0.15) is 0 Å². The minimum atomic E-state index is -3.47. The molecule has 22 heavy (non-hydrogen) atoms. The summed E-state index contributed by atoms with van der Waals surface area (Å²) in [7, 11) is -3.47. The van der Waals surface area contributed by atoms with Crippen LogP contribution in [0.4, 0.5) is 5.69 Å². The number of sulfonamides is 1. The lowest BCUT2D eigenvalue weighted by Gasteiger charge is -2.32. The third-order valence-corrected chi connectivity index (χ3v) is 6.07. The predicted octanol–water partition coefficient (Wildman–Crippen LogP) is 1.05. The number of rotatable bonds is 4. The number of carbonyl (C=O) groups is 1. The monoisotopic (exact) mass is 324 g/mol. The molecule has 0 saturated carbocycles. The number of hydrogen-bond acceptors (Lipinski definition) is 4. The van der Waals surface area contributed by atoms with E-state index in [2.05, 4.69) is 0 Å². The summed E-state index contributed by atoms with van der Waals surface area (Å²) in [5.41, 5.74) is 7.13. The highest BCUT2D eigenvalue weighted by Gasteiger charge is 2.32. The summed E-state index contributed by atoms with van der Waals surface area (Å²) in [4.78, 5) is 11.5. The first-order valence-electron chi connectivity index (χ1n) is 7.53. The predicted molar refractivity (Wildman–Crippen MR) is 83.4 cm³/mol. The Bertz CT molecular complexity index is 681. The summed E-state index contributed by atoms with van der Waals surface area (Å²) in [6.45, 7) is 1.06. The van der Waals surface area contributed by atoms with E-state index in [1.807, 2.05) is 0 Å². The molecule has 0 spiro atoms. The van der Waals surface area contributed by atoms with Gasteiger partial charge in [-0.25, -0.2) is 8.42 Å². The number of nitrogens with two attached hydrogens (primary N) is 1. The molecule has 1 fully saturated rings. The van der Waals surface area contributed by atoms with Crippen molar-refractivity contribution in [2.24, 2.45) is 5.73 Å². The van der Waals surface area contributed by atoms with E-state index in [-0.39, 0.29) is 11.9 Å². The maximum Gasteiger partial charge on any atom is 0.249 e. The molecule has 0 aliphatic carbocycles. The van der Waals surface area contributed by atoms with Gasteiger partial charge in [0.25, 0.3) is 0 Å². The Labute approximate surface area is 130 Å². The van der Waals surface area contributed by atoms with Gasteiger partial charge < -0.3 is 10.5 Å². The summed E-state index contributed by atoms with van der Waals surface area (Å²) in [5.74, 6) is -0.525. The molecule has 2 aliphatic heterocycles. The number of carbonyl (C=O) groups excluding carboxylic acids is 1. The summed E-state index contributed by atoms with van der Waals surface area (Å²) < 4.78 is 32.3. The number of benzene rings is 1. The lowest BCUT2D eigenvalue weighted by atomic mass is 9.97. The highest BCUT2D eigenvalue weighted by atomic mass is 32.2. The van der Waals surface area contributed by atoms with E-state index >= 15 is 0 Å². The number of hydrogen-bond donors (Lipinski definition) is 1. The van der Waals surface area contributed by atoms with Crippen molar-refractivity contribution < 1.29 is 17.9 Å². The third-order valence-electron chi connectivity index (χ3n) is 4.23. The van der Waals surface area contributed by atoms with E-state index in [0.717, 1.165) is 18.4 Å². The Morgan fingerprint density at radius 2 is 2.18 bits per heavy atom. The molecule has 2 aliphatic rings. The average Bonchev–Trinajstić information content (AvgIpc) is 2.98. The van der Waals surface area contributed by atoms with E-state index in [4.69, 9.17) is 10.5 Å². The normalized spacial score (nSPS) is 21.6. The Morgan fingerprint density at radius 1 is 1.36 bits per heavy atom. The van der Waals surface area contributed by atoms with Crippen LogP contribution in [0.2, 0.25) is 0 Å². The van der Waals surface area contributed by atoms with Gasteiger partial charge >= 0.3 is 0 Å². The lowest BCUT2D eigenvalue weighted by molar-refractivity contribution is 0.0999. The van der Waals surface area contributed by atoms with Crippen LogP contribution < -0.4 is 10.0 Å². The van der Waals surface area contributed by atoms with Gasteiger partial charge in [-0.15, -0.1) is 0 Å². The SMILES string of the molecule is NC(=O)c1cccc2c1CCCN2S(=O)(=O)CC1CCCO1. The molecule has 1 amide bonds. The maximum atomic E-state index is 12.7. The Kier molecular flexibility index (Phi) is 4.10. The van der Waals surface area contributed by atoms with Crippen molar-refractivity contribution in [2.45, 2.75) is 31.8 Å². The van der Waals surface area contributed by atoms with Gasteiger partial charge in [-0.2, -0.15) is 0 Å². The molecule has 2 heterocycles. The number of nitrogens with zero attached hydrogens (tertiary/aromatic N) is 1. The van der Waals surface area contributed by atoms with Gasteiger partial charge in [0.05, 0.1) is 17.5 Å². The van der Waals surface area contributed by atoms with Crippen LogP contribution in [-0.2, 0) is 21.2 Å². The molecule has 0 aromatic heterocycles. The van der Waals surface area contributed by atoms with Crippen molar-refractivity contribution in [2.75, 3.05) is 23.2 Å². The number of primary amides is 1. The van der Waals surface area contributed by atoms with Crippen LogP contribution in [0, 0.1) is 0 Å². The second-order valence-electron chi connectivity index (χ2n) is 5.76. The fraction of sp³-hybridized carbons (Fsp3) is 0.533. The van der Waals surface area contributed by atoms with Gasteiger partial charge in [0.15, 0.2) is 0 Å². The molecule has 1 aromatic carbocycles. The second kappa shape index (κ2) is 5.89. The third kappa shape index (κ3) is 2.83. The largest absolute Gasteiger partial charge is 0.377 e. The van der Waals surface area contributed by atoms with E-state index in [1.54, 1.807) is 18.2 Å². The van der Waals surface area contributed by atoms with Gasteiger partial charge in [-0.1, -0.05) is 6.07 Å². The summed E-state index contributed by atoms with van der Waals surface area (Å²) in [5, 5.41) is 0. The first-order valence-corrected chi connectivity index (χ1v) is 9.13. The van der Waals surface area contributed by atoms with Crippen LogP contribution >= 0.6 is 0 Å². The maximum absolute atomic E-state index is 12.7. The molecule has 3 rings (SSSR count). The number of anilines is 1. The van der Waals surface area contributed by atoms with Gasteiger partial charge in [-0.3, -0.25) is 9.10 Å². The van der Waals surface area contributed by atoms with Crippen molar-refractivity contribution in [3.63, 3.8) is 0 Å². The molecule has 0 radical (unpaired) electrons. The fourth-order valence-corrected chi connectivity index (χ4v) is 5.00. The zero-order valence-corrected chi connectivity index (χ0v) is 13.1. The summed E-state index contributed by atoms with van der Waals surface area (Å²) in [6, 6.07) is 5.07. The quantitative estimate of drug-likeness (QED) is 0.896. The molecule has 7 heteroatoms. The number of amides is 1. The molecule has 1 unspecified atom stereocenters. The van der Waals surface area contributed by atoms with Crippen molar-refractivity contribution in [1.29, 1.82) is 0 Å². The molecule has 6 nitrogen and oxygen atoms in total. The zero-order chi connectivity index (χ0) is 15.7. The zero-order valence-electron chi connectivity index (χ0n) is 12.3. The summed E-state index contributed by atoms with van der Waals surface area (Å²) in [6.07, 6.45) is 2.81. The molecular formula is C15H20N2O4S. The topological polar surface area (TPSA) is 89.7 Å². The minimum absolute atomic E-state index is 0.00671. The highest BCUT2D eigenvalue weighted by Crippen LogP contribution is 2.32. The van der Waals surface area contributed by atoms with E-state index in [1.165, 1.54) is 4.31 Å². The van der Waals surface area contributed by atoms with Crippen molar-refractivity contribution in [3.8, 4) is 0 Å². The standard InChI is InChI=1S/C15H20N2O4S/c16-15(18)13-5-1-7-14-12(13)6-2-8-17(14)22(19,20)10-11-4-3-9-21-11/h1,5,7,11H,2-4,6,8-10H2,(H2,16,18). The van der Waals surface area contributed by atoms with Crippen LogP contribution in [0.15, 0.2) is 18.2 Å². The Hall–Kier alpha value is -1.60. The van der Waals surface area contributed by atoms with Crippen LogP contribution in [0.5, 0.6) is 0 Å². The minimum Gasteiger partial charge on any atom is -0.377 e. The molecule has 1 saturated heterocycles. The van der Waals surface area contributed by atoms with Crippen LogP contribution in [0.1, 0.15) is 35.2 Å². The van der Waals surface area contributed by atoms with E-state index in [9.17, 15) is 13.2 Å². The second-order valence-corrected chi connectivity index (χ2v) is 7.69. The van der Waals surface area contributed by atoms with Gasteiger partial charge in [0, 0.05) is 18.7 Å². The molecule has 2 N–H and O–H groups in total. The van der Waals surface area contributed by atoms with Crippen molar-refractivity contribution in [1.82, 2.24) is 0 Å². The smallest absolute Gasteiger partial charge is 0.249 e. The summed E-state index contributed by atoms with van der Waals surface area (Å²) >= 11 is 0. The molecule has 1 atom stereocenters. The first kappa shape index (κ1) is 15.3. The number of ether oxygens (including phenoxy) is 1. The molecule has 0 bridgehead atoms. The average molecular weight is 324 g/mol. The fourth-order valence-electron chi connectivity index (χ4n) is 3.21. The van der Waals surface area contributed by atoms with Crippen LogP contribution in [0.3, 0.4) is 0 Å². The molecule has 1 aromatic rings. The van der Waals surface area contributed by atoms with Crippen LogP contribution in [-0.4, -0.2) is 39.3 Å². The molecule has 120 valence electrons. The van der Waals surface area contributed by atoms with Gasteiger partial charge in [-0.05, 0) is 43.4 Å². The van der Waals surface area contributed by atoms with Gasteiger partial charge in [0.2, 0.25) is 15.9 Å². The van der Waals surface area contributed by atoms with Crippen molar-refractivity contribution >= 4 is 21.6 Å².